The van der Waals surface area contributed by atoms with Crippen LogP contribution in [0.5, 0.6) is 0 Å². The summed E-state index contributed by atoms with van der Waals surface area (Å²) in [6.07, 6.45) is 9.60. The number of ketones is 1. The normalized spacial score (nSPS) is 13.8. The monoisotopic (exact) mass is 344 g/mol. The third-order valence-electron chi connectivity index (χ3n) is 6.00. The summed E-state index contributed by atoms with van der Waals surface area (Å²) in [4.78, 5) is 11.7. The van der Waals surface area contributed by atoms with Gasteiger partial charge in [0.2, 0.25) is 0 Å². The van der Waals surface area contributed by atoms with Crippen LogP contribution in [-0.4, -0.2) is 5.78 Å². The SMILES string of the molecule is CCC(C)(CC)c1cccc(C2=CC=Cc3cc(C(C)=O)ccc3C2)c1. The molecule has 1 heteroatoms. The van der Waals surface area contributed by atoms with Gasteiger partial charge in [0, 0.05) is 5.56 Å². The van der Waals surface area contributed by atoms with Crippen molar-refractivity contribution in [3.05, 3.63) is 82.4 Å². The Bertz CT molecular complexity index is 879. The van der Waals surface area contributed by atoms with Crippen molar-refractivity contribution in [1.29, 1.82) is 0 Å². The minimum absolute atomic E-state index is 0.116. The number of hydrogen-bond donors (Lipinski definition) is 0. The minimum atomic E-state index is 0.116. The molecule has 0 unspecified atom stereocenters. The highest BCUT2D eigenvalue weighted by Gasteiger charge is 2.22. The maximum Gasteiger partial charge on any atom is 0.159 e. The summed E-state index contributed by atoms with van der Waals surface area (Å²) in [5.41, 5.74) is 7.46. The maximum atomic E-state index is 11.7. The number of fused-ring (bicyclic) bond motifs is 1. The smallest absolute Gasteiger partial charge is 0.159 e. The van der Waals surface area contributed by atoms with Crippen molar-refractivity contribution < 1.29 is 4.79 Å². The van der Waals surface area contributed by atoms with Gasteiger partial charge in [-0.15, -0.1) is 0 Å². The number of Topliss-reactive ketones (excluding diaryl/α,β-unsaturated/α-hetero) is 1. The zero-order chi connectivity index (χ0) is 18.7. The molecule has 0 spiro atoms. The van der Waals surface area contributed by atoms with Crippen molar-refractivity contribution in [3.63, 3.8) is 0 Å². The van der Waals surface area contributed by atoms with Gasteiger partial charge >= 0.3 is 0 Å². The molecule has 134 valence electrons. The third kappa shape index (κ3) is 3.58. The molecule has 0 atom stereocenters. The number of allylic oxidation sites excluding steroid dienone is 3. The predicted octanol–water partition coefficient (Wildman–Crippen LogP) is 6.62. The van der Waals surface area contributed by atoms with E-state index in [0.29, 0.717) is 0 Å². The molecule has 0 saturated carbocycles. The topological polar surface area (TPSA) is 17.1 Å². The Morgan fingerprint density at radius 1 is 1.08 bits per heavy atom. The molecule has 0 aliphatic heterocycles. The molecule has 3 rings (SSSR count). The number of carbonyl (C=O) groups is 1. The summed E-state index contributed by atoms with van der Waals surface area (Å²) in [5, 5.41) is 0. The van der Waals surface area contributed by atoms with Crippen molar-refractivity contribution in [2.45, 2.75) is 52.4 Å². The zero-order valence-electron chi connectivity index (χ0n) is 16.3. The first-order valence-electron chi connectivity index (χ1n) is 9.59. The fraction of sp³-hybridized carbons (Fsp3) is 0.320. The summed E-state index contributed by atoms with van der Waals surface area (Å²) < 4.78 is 0. The van der Waals surface area contributed by atoms with Gasteiger partial charge < -0.3 is 0 Å². The second-order valence-electron chi connectivity index (χ2n) is 7.55. The first-order valence-corrected chi connectivity index (χ1v) is 9.59. The molecule has 0 bridgehead atoms. The molecular formula is C25H28O. The molecule has 0 amide bonds. The van der Waals surface area contributed by atoms with E-state index in [1.807, 2.05) is 12.1 Å². The van der Waals surface area contributed by atoms with E-state index in [4.69, 9.17) is 0 Å². The fourth-order valence-corrected chi connectivity index (χ4v) is 3.61. The molecule has 0 aromatic heterocycles. The predicted molar refractivity (Wildman–Crippen MR) is 112 cm³/mol. The Kier molecular flexibility index (Phi) is 5.27. The number of carbonyl (C=O) groups excluding carboxylic acids is 1. The van der Waals surface area contributed by atoms with Gasteiger partial charge in [0.1, 0.15) is 0 Å². The first-order chi connectivity index (χ1) is 12.5. The minimum Gasteiger partial charge on any atom is -0.295 e. The molecule has 0 saturated heterocycles. The van der Waals surface area contributed by atoms with Crippen LogP contribution in [0.15, 0.2) is 54.6 Å². The first kappa shape index (κ1) is 18.4. The summed E-state index contributed by atoms with van der Waals surface area (Å²) in [7, 11) is 0. The van der Waals surface area contributed by atoms with Crippen LogP contribution in [-0.2, 0) is 11.8 Å². The van der Waals surface area contributed by atoms with Gasteiger partial charge in [0.05, 0.1) is 0 Å². The van der Waals surface area contributed by atoms with Gasteiger partial charge in [-0.25, -0.2) is 0 Å². The Hall–Kier alpha value is -2.41. The lowest BCUT2D eigenvalue weighted by Gasteiger charge is -2.28. The number of rotatable bonds is 5. The van der Waals surface area contributed by atoms with E-state index >= 15 is 0 Å². The lowest BCUT2D eigenvalue weighted by molar-refractivity contribution is 0.101. The van der Waals surface area contributed by atoms with Gasteiger partial charge in [0.15, 0.2) is 5.78 Å². The van der Waals surface area contributed by atoms with Crippen LogP contribution < -0.4 is 0 Å². The quantitative estimate of drug-likeness (QED) is 0.557. The largest absolute Gasteiger partial charge is 0.295 e. The highest BCUT2D eigenvalue weighted by atomic mass is 16.1. The van der Waals surface area contributed by atoms with Crippen LogP contribution in [0, 0.1) is 0 Å². The number of benzene rings is 2. The van der Waals surface area contributed by atoms with Crippen LogP contribution in [0.25, 0.3) is 11.6 Å². The molecule has 0 radical (unpaired) electrons. The molecule has 2 aromatic rings. The van der Waals surface area contributed by atoms with Crippen molar-refractivity contribution >= 4 is 17.4 Å². The summed E-state index contributed by atoms with van der Waals surface area (Å²) >= 11 is 0. The lowest BCUT2D eigenvalue weighted by atomic mass is 9.77. The van der Waals surface area contributed by atoms with Gasteiger partial charge in [-0.2, -0.15) is 0 Å². The molecule has 0 heterocycles. The van der Waals surface area contributed by atoms with Crippen molar-refractivity contribution in [2.75, 3.05) is 0 Å². The molecule has 1 aliphatic rings. The zero-order valence-corrected chi connectivity index (χ0v) is 16.3. The van der Waals surface area contributed by atoms with E-state index in [1.54, 1.807) is 6.92 Å². The number of hydrogen-bond acceptors (Lipinski definition) is 1. The highest BCUT2D eigenvalue weighted by Crippen LogP contribution is 2.34. The van der Waals surface area contributed by atoms with Crippen LogP contribution >= 0.6 is 0 Å². The van der Waals surface area contributed by atoms with Gasteiger partial charge in [-0.1, -0.05) is 75.4 Å². The van der Waals surface area contributed by atoms with Gasteiger partial charge in [0.25, 0.3) is 0 Å². The Morgan fingerprint density at radius 3 is 2.54 bits per heavy atom. The van der Waals surface area contributed by atoms with Gasteiger partial charge in [-0.3, -0.25) is 4.79 Å². The second kappa shape index (κ2) is 7.45. The van der Waals surface area contributed by atoms with Crippen LogP contribution in [0.2, 0.25) is 0 Å². The Labute approximate surface area is 157 Å². The third-order valence-corrected chi connectivity index (χ3v) is 6.00. The standard InChI is InChI=1S/C25H28O/c1-5-25(4,6-2)24-12-8-11-22(17-24)21-10-7-9-20-15-19(18(3)26)13-14-23(20)16-21/h7-15,17H,5-6,16H2,1-4H3. The molecule has 26 heavy (non-hydrogen) atoms. The van der Waals surface area contributed by atoms with E-state index in [9.17, 15) is 4.79 Å². The molecular weight excluding hydrogens is 316 g/mol. The molecule has 1 aliphatic carbocycles. The van der Waals surface area contributed by atoms with E-state index in [-0.39, 0.29) is 11.2 Å². The van der Waals surface area contributed by atoms with Crippen molar-refractivity contribution in [2.24, 2.45) is 0 Å². The molecule has 0 N–H and O–H groups in total. The van der Waals surface area contributed by atoms with E-state index in [1.165, 1.54) is 22.3 Å². The fourth-order valence-electron chi connectivity index (χ4n) is 3.61. The van der Waals surface area contributed by atoms with Crippen molar-refractivity contribution in [3.8, 4) is 0 Å². The Morgan fingerprint density at radius 2 is 1.85 bits per heavy atom. The van der Waals surface area contributed by atoms with Crippen LogP contribution in [0.4, 0.5) is 0 Å². The van der Waals surface area contributed by atoms with E-state index in [0.717, 1.165) is 30.4 Å². The molecule has 1 nitrogen and oxygen atoms in total. The Balaban J connectivity index is 1.96. The van der Waals surface area contributed by atoms with Gasteiger partial charge in [-0.05, 0) is 65.5 Å². The summed E-state index contributed by atoms with van der Waals surface area (Å²) in [6.45, 7) is 8.52. The second-order valence-corrected chi connectivity index (χ2v) is 7.55. The van der Waals surface area contributed by atoms with Crippen molar-refractivity contribution in [1.82, 2.24) is 0 Å². The lowest BCUT2D eigenvalue weighted by Crippen LogP contribution is -2.19. The van der Waals surface area contributed by atoms with E-state index < -0.39 is 0 Å². The van der Waals surface area contributed by atoms with Crippen LogP contribution in [0.1, 0.15) is 73.1 Å². The average molecular weight is 344 g/mol. The average Bonchev–Trinajstić information content (AvgIpc) is 2.89. The van der Waals surface area contributed by atoms with E-state index in [2.05, 4.69) is 69.3 Å². The van der Waals surface area contributed by atoms with Crippen LogP contribution in [0.3, 0.4) is 0 Å². The highest BCUT2D eigenvalue weighted by molar-refractivity contribution is 5.95. The molecule has 0 fully saturated rings. The molecule has 2 aromatic carbocycles. The maximum absolute atomic E-state index is 11.7. The summed E-state index contributed by atoms with van der Waals surface area (Å²) in [5.74, 6) is 0.116. The summed E-state index contributed by atoms with van der Waals surface area (Å²) in [6, 6.07) is 15.1.